The van der Waals surface area contributed by atoms with Crippen molar-refractivity contribution < 1.29 is 17.3 Å². The fraction of sp³-hybridized carbons (Fsp3) is 0.579. The van der Waals surface area contributed by atoms with E-state index in [1.807, 2.05) is 0 Å². The molecule has 0 radical (unpaired) electrons. The van der Waals surface area contributed by atoms with Crippen LogP contribution in [0.2, 0.25) is 0 Å². The Kier molecular flexibility index (Phi) is 10.9. The lowest BCUT2D eigenvalue weighted by atomic mass is 10.1. The van der Waals surface area contributed by atoms with Crippen LogP contribution in [0.5, 0.6) is 0 Å². The van der Waals surface area contributed by atoms with E-state index < -0.39 is 7.25 Å². The van der Waals surface area contributed by atoms with Gasteiger partial charge in [0, 0.05) is 25.5 Å². The Hall–Kier alpha value is -1.66. The molecule has 2 rings (SSSR count). The molecule has 1 aliphatic rings. The molecule has 0 atom stereocenters. The van der Waals surface area contributed by atoms with Crippen LogP contribution in [0, 0.1) is 0 Å². The number of benzene rings is 1. The molecule has 0 unspecified atom stereocenters. The summed E-state index contributed by atoms with van der Waals surface area (Å²) < 4.78 is 39.0. The maximum absolute atomic E-state index is 9.75. The second-order valence-corrected chi connectivity index (χ2v) is 6.56. The second kappa shape index (κ2) is 12.7. The van der Waals surface area contributed by atoms with Crippen molar-refractivity contribution in [2.45, 2.75) is 51.9 Å². The lowest BCUT2D eigenvalue weighted by molar-refractivity contribution is 0.262. The molecule has 1 aromatic carbocycles. The Morgan fingerprint density at radius 1 is 0.808 bits per heavy atom. The van der Waals surface area contributed by atoms with E-state index in [-0.39, 0.29) is 0 Å². The summed E-state index contributed by atoms with van der Waals surface area (Å²) in [6.45, 7) is 5.68. The molecular weight excluding hydrogens is 343 g/mol. The van der Waals surface area contributed by atoms with Gasteiger partial charge in [-0.15, -0.1) is 0 Å². The topological polar surface area (TPSA) is 6.48 Å². The standard InChI is InChI=1S/C19H30N2.BF4/c1-2-3-4-5-6-10-14-20-16-17-21(18-20)15-13-19-11-8-7-9-12-19;2-1(3,4)5/h7-9,11-12,16-17H,2-6,10,13-15,18H2,1H3;/q;-1. The van der Waals surface area contributed by atoms with E-state index in [9.17, 15) is 17.3 Å². The van der Waals surface area contributed by atoms with Crippen LogP contribution in [0.3, 0.4) is 0 Å². The highest BCUT2D eigenvalue weighted by Crippen LogP contribution is 2.11. The summed E-state index contributed by atoms with van der Waals surface area (Å²) in [6, 6.07) is 10.8. The third-order valence-corrected chi connectivity index (χ3v) is 4.18. The van der Waals surface area contributed by atoms with Crippen molar-refractivity contribution >= 4 is 7.25 Å². The van der Waals surface area contributed by atoms with Crippen molar-refractivity contribution in [2.24, 2.45) is 0 Å². The Morgan fingerprint density at radius 2 is 1.35 bits per heavy atom. The maximum Gasteiger partial charge on any atom is 0.673 e. The van der Waals surface area contributed by atoms with Gasteiger partial charge < -0.3 is 27.1 Å². The van der Waals surface area contributed by atoms with E-state index in [1.165, 1.54) is 50.6 Å². The molecule has 0 amide bonds. The molecule has 0 spiro atoms. The Bertz CT molecular complexity index is 488. The number of unbranched alkanes of at least 4 members (excludes halogenated alkanes) is 5. The quantitative estimate of drug-likeness (QED) is 0.285. The van der Waals surface area contributed by atoms with E-state index in [0.29, 0.717) is 0 Å². The maximum atomic E-state index is 9.75. The third kappa shape index (κ3) is 12.7. The van der Waals surface area contributed by atoms with Crippen molar-refractivity contribution in [3.05, 3.63) is 48.3 Å². The van der Waals surface area contributed by atoms with Gasteiger partial charge >= 0.3 is 7.25 Å². The summed E-state index contributed by atoms with van der Waals surface area (Å²) >= 11 is 0. The number of nitrogens with zero attached hydrogens (tertiary/aromatic N) is 2. The van der Waals surface area contributed by atoms with Crippen LogP contribution in [0.4, 0.5) is 17.3 Å². The van der Waals surface area contributed by atoms with Crippen molar-refractivity contribution in [3.8, 4) is 0 Å². The summed E-state index contributed by atoms with van der Waals surface area (Å²) in [5, 5.41) is 0. The van der Waals surface area contributed by atoms with Gasteiger partial charge in [-0.05, 0) is 18.4 Å². The fourth-order valence-electron chi connectivity index (χ4n) is 2.82. The van der Waals surface area contributed by atoms with E-state index in [1.54, 1.807) is 0 Å². The predicted octanol–water partition coefficient (Wildman–Crippen LogP) is 5.94. The molecule has 1 heterocycles. The molecule has 148 valence electrons. The van der Waals surface area contributed by atoms with Gasteiger partial charge in [-0.3, -0.25) is 0 Å². The van der Waals surface area contributed by atoms with Gasteiger partial charge in [-0.2, -0.15) is 0 Å². The highest BCUT2D eigenvalue weighted by molar-refractivity contribution is 6.50. The molecule has 0 saturated heterocycles. The molecule has 2 nitrogen and oxygen atoms in total. The average Bonchev–Trinajstić information content (AvgIpc) is 3.03. The Balaban J connectivity index is 0.000000597. The monoisotopic (exact) mass is 373 g/mol. The summed E-state index contributed by atoms with van der Waals surface area (Å²) in [6.07, 6.45) is 13.9. The van der Waals surface area contributed by atoms with Gasteiger partial charge in [-0.25, -0.2) is 0 Å². The average molecular weight is 373 g/mol. The van der Waals surface area contributed by atoms with Crippen LogP contribution < -0.4 is 0 Å². The van der Waals surface area contributed by atoms with E-state index in [2.05, 4.69) is 59.5 Å². The SMILES string of the molecule is CCCCCCCCN1C=CN(CCc2ccccc2)C1.F[B-](F)(F)F. The molecule has 1 aliphatic heterocycles. The Labute approximate surface area is 155 Å². The minimum Gasteiger partial charge on any atom is -0.418 e. The largest absolute Gasteiger partial charge is 0.673 e. The lowest BCUT2D eigenvalue weighted by Gasteiger charge is -2.21. The molecule has 7 heteroatoms. The lowest BCUT2D eigenvalue weighted by Crippen LogP contribution is -2.27. The van der Waals surface area contributed by atoms with E-state index >= 15 is 0 Å². The van der Waals surface area contributed by atoms with Crippen LogP contribution in [0.15, 0.2) is 42.7 Å². The highest BCUT2D eigenvalue weighted by atomic mass is 19.5. The number of halogens is 4. The summed E-state index contributed by atoms with van der Waals surface area (Å²) in [4.78, 5) is 4.87. The number of hydrogen-bond donors (Lipinski definition) is 0. The molecule has 0 bridgehead atoms. The molecule has 26 heavy (non-hydrogen) atoms. The zero-order valence-electron chi connectivity index (χ0n) is 15.6. The molecule has 0 aromatic heterocycles. The van der Waals surface area contributed by atoms with Gasteiger partial charge in [0.15, 0.2) is 0 Å². The number of hydrogen-bond acceptors (Lipinski definition) is 2. The first-order valence-corrected chi connectivity index (χ1v) is 9.46. The van der Waals surface area contributed by atoms with Crippen molar-refractivity contribution in [3.63, 3.8) is 0 Å². The highest BCUT2D eigenvalue weighted by Gasteiger charge is 2.20. The van der Waals surface area contributed by atoms with Gasteiger partial charge in [0.05, 0.1) is 6.67 Å². The molecule has 0 N–H and O–H groups in total. The molecule has 0 aliphatic carbocycles. The second-order valence-electron chi connectivity index (χ2n) is 6.56. The molecule has 0 saturated carbocycles. The van der Waals surface area contributed by atoms with E-state index in [4.69, 9.17) is 0 Å². The first-order chi connectivity index (χ1) is 12.4. The molecule has 0 fully saturated rings. The number of rotatable bonds is 10. The smallest absolute Gasteiger partial charge is 0.418 e. The third-order valence-electron chi connectivity index (χ3n) is 4.18. The minimum absolute atomic E-state index is 1.07. The van der Waals surface area contributed by atoms with Gasteiger partial charge in [-0.1, -0.05) is 69.4 Å². The molecule has 1 aromatic rings. The first-order valence-electron chi connectivity index (χ1n) is 9.46. The fourth-order valence-corrected chi connectivity index (χ4v) is 2.82. The summed E-state index contributed by atoms with van der Waals surface area (Å²) in [5.41, 5.74) is 1.43. The summed E-state index contributed by atoms with van der Waals surface area (Å²) in [7, 11) is -6.00. The van der Waals surface area contributed by atoms with Gasteiger partial charge in [0.2, 0.25) is 0 Å². The van der Waals surface area contributed by atoms with E-state index in [0.717, 1.165) is 19.6 Å². The Morgan fingerprint density at radius 3 is 1.96 bits per heavy atom. The van der Waals surface area contributed by atoms with Crippen LogP contribution in [-0.2, 0) is 6.42 Å². The van der Waals surface area contributed by atoms with Crippen molar-refractivity contribution in [2.75, 3.05) is 19.8 Å². The van der Waals surface area contributed by atoms with Crippen molar-refractivity contribution in [1.82, 2.24) is 9.80 Å². The predicted molar refractivity (Wildman–Crippen MR) is 101 cm³/mol. The van der Waals surface area contributed by atoms with Gasteiger partial charge in [0.25, 0.3) is 0 Å². The normalized spacial score (nSPS) is 13.7. The minimum atomic E-state index is -6.00. The van der Waals surface area contributed by atoms with Crippen LogP contribution in [0.1, 0.15) is 51.0 Å². The summed E-state index contributed by atoms with van der Waals surface area (Å²) in [5.74, 6) is 0. The zero-order valence-corrected chi connectivity index (χ0v) is 15.6. The molecular formula is C19H30BF4N2-. The van der Waals surface area contributed by atoms with Crippen molar-refractivity contribution in [1.29, 1.82) is 0 Å². The van der Waals surface area contributed by atoms with Crippen LogP contribution in [-0.4, -0.2) is 36.8 Å². The zero-order chi connectivity index (χ0) is 19.3. The first kappa shape index (κ1) is 22.4. The van der Waals surface area contributed by atoms with Crippen LogP contribution in [0.25, 0.3) is 0 Å². The van der Waals surface area contributed by atoms with Gasteiger partial charge in [0.1, 0.15) is 0 Å². The van der Waals surface area contributed by atoms with Crippen LogP contribution >= 0.6 is 0 Å².